The molecule has 0 aromatic heterocycles. The van der Waals surface area contributed by atoms with Gasteiger partial charge in [0.25, 0.3) is 0 Å². The molecule has 0 saturated heterocycles. The van der Waals surface area contributed by atoms with E-state index in [0.29, 0.717) is 5.04 Å². The zero-order valence-corrected chi connectivity index (χ0v) is 18.5. The van der Waals surface area contributed by atoms with Crippen molar-refractivity contribution in [1.29, 1.82) is 5.41 Å². The molecule has 0 spiro atoms. The predicted octanol–water partition coefficient (Wildman–Crippen LogP) is 8.43. The van der Waals surface area contributed by atoms with E-state index in [1.54, 1.807) is 19.3 Å². The van der Waals surface area contributed by atoms with Crippen LogP contribution in [0.2, 0.25) is 0 Å². The molecule has 2 rings (SSSR count). The van der Waals surface area contributed by atoms with Crippen molar-refractivity contribution in [2.45, 2.75) is 54.6 Å². The Kier molecular flexibility index (Phi) is 11.6. The fraction of sp³-hybridized carbons (Fsp3) is 0.348. The van der Waals surface area contributed by atoms with Crippen LogP contribution >= 0.6 is 11.8 Å². The Morgan fingerprint density at radius 1 is 0.893 bits per heavy atom. The zero-order chi connectivity index (χ0) is 21.9. The van der Waals surface area contributed by atoms with Crippen LogP contribution in [0.25, 0.3) is 5.57 Å². The van der Waals surface area contributed by atoms with Gasteiger partial charge in [-0.05, 0) is 80.0 Å². The molecule has 5 heteroatoms. The van der Waals surface area contributed by atoms with Gasteiger partial charge in [-0.25, -0.2) is 0 Å². The molecular formula is C23H30F3NS. The highest BCUT2D eigenvalue weighted by Gasteiger charge is 2.29. The number of nitrogens with one attached hydrogen (secondary N) is 1. The molecule has 0 aliphatic rings. The third-order valence-electron chi connectivity index (χ3n) is 3.96. The second kappa shape index (κ2) is 12.4. The average Bonchev–Trinajstić information content (AvgIpc) is 2.65. The van der Waals surface area contributed by atoms with Crippen LogP contribution in [0.4, 0.5) is 13.2 Å². The van der Waals surface area contributed by atoms with E-state index in [2.05, 4.69) is 39.0 Å². The summed E-state index contributed by atoms with van der Waals surface area (Å²) in [6.07, 6.45) is -4.30. The van der Waals surface area contributed by atoms with Crippen molar-refractivity contribution < 1.29 is 13.2 Å². The number of thioether (sulfide) groups is 1. The molecule has 154 valence electrons. The lowest BCUT2D eigenvalue weighted by Crippen LogP contribution is -2.04. The summed E-state index contributed by atoms with van der Waals surface area (Å²) in [6, 6.07) is 11.4. The Hall–Kier alpha value is -2.01. The monoisotopic (exact) mass is 409 g/mol. The Balaban J connectivity index is 0.000000556. The van der Waals surface area contributed by atoms with E-state index in [-0.39, 0.29) is 0 Å². The molecule has 0 fully saturated rings. The van der Waals surface area contributed by atoms with Crippen LogP contribution in [-0.4, -0.2) is 5.04 Å². The number of alkyl halides is 3. The zero-order valence-electron chi connectivity index (χ0n) is 17.7. The predicted molar refractivity (Wildman–Crippen MR) is 118 cm³/mol. The molecule has 0 aliphatic heterocycles. The molecule has 2 aromatic rings. The van der Waals surface area contributed by atoms with Gasteiger partial charge in [-0.1, -0.05) is 55.9 Å². The highest BCUT2D eigenvalue weighted by Crippen LogP contribution is 2.30. The van der Waals surface area contributed by atoms with E-state index in [0.717, 1.165) is 23.3 Å². The van der Waals surface area contributed by atoms with Crippen molar-refractivity contribution in [1.82, 2.24) is 0 Å². The van der Waals surface area contributed by atoms with Gasteiger partial charge in [0.2, 0.25) is 0 Å². The minimum absolute atomic E-state index is 0.441. The fourth-order valence-electron chi connectivity index (χ4n) is 2.06. The first-order valence-corrected chi connectivity index (χ1v) is 9.99. The van der Waals surface area contributed by atoms with Crippen LogP contribution in [0.15, 0.2) is 47.9 Å². The molecule has 0 heterocycles. The van der Waals surface area contributed by atoms with Crippen molar-refractivity contribution in [3.8, 4) is 0 Å². The van der Waals surface area contributed by atoms with E-state index in [1.165, 1.54) is 40.6 Å². The van der Waals surface area contributed by atoms with Crippen molar-refractivity contribution in [3.63, 3.8) is 0 Å². The normalized spacial score (nSPS) is 11.0. The first-order valence-electron chi connectivity index (χ1n) is 9.11. The van der Waals surface area contributed by atoms with Crippen molar-refractivity contribution >= 4 is 22.4 Å². The van der Waals surface area contributed by atoms with Gasteiger partial charge in [-0.3, -0.25) is 5.41 Å². The molecule has 0 unspecified atom stereocenters. The number of rotatable bonds is 2. The first kappa shape index (κ1) is 26.0. The highest BCUT2D eigenvalue weighted by atomic mass is 32.2. The molecular weight excluding hydrogens is 379 g/mol. The highest BCUT2D eigenvalue weighted by molar-refractivity contribution is 8.16. The van der Waals surface area contributed by atoms with E-state index in [9.17, 15) is 13.2 Å². The maximum Gasteiger partial charge on any atom is 0.416 e. The lowest BCUT2D eigenvalue weighted by atomic mass is 10.1. The third kappa shape index (κ3) is 9.27. The summed E-state index contributed by atoms with van der Waals surface area (Å²) in [7, 11) is 0. The summed E-state index contributed by atoms with van der Waals surface area (Å²) in [5, 5.41) is 9.43. The molecule has 0 saturated carbocycles. The van der Waals surface area contributed by atoms with Gasteiger partial charge >= 0.3 is 6.18 Å². The molecule has 1 nitrogen and oxygen atoms in total. The molecule has 0 aliphatic carbocycles. The number of halogens is 3. The van der Waals surface area contributed by atoms with Crippen LogP contribution < -0.4 is 0 Å². The van der Waals surface area contributed by atoms with Crippen molar-refractivity contribution in [2.75, 3.05) is 0 Å². The largest absolute Gasteiger partial charge is 0.416 e. The van der Waals surface area contributed by atoms with Gasteiger partial charge in [0.1, 0.15) is 0 Å². The van der Waals surface area contributed by atoms with Crippen LogP contribution in [0, 0.1) is 26.2 Å². The van der Waals surface area contributed by atoms with Crippen LogP contribution in [-0.2, 0) is 6.18 Å². The Morgan fingerprint density at radius 3 is 1.71 bits per heavy atom. The summed E-state index contributed by atoms with van der Waals surface area (Å²) in [5.41, 5.74) is 5.11. The van der Waals surface area contributed by atoms with E-state index >= 15 is 0 Å². The van der Waals surface area contributed by atoms with E-state index in [1.807, 2.05) is 13.8 Å². The third-order valence-corrected chi connectivity index (χ3v) is 4.78. The number of allylic oxidation sites excluding steroid dienone is 1. The number of aryl methyl sites for hydroxylation is 2. The lowest BCUT2D eigenvalue weighted by Gasteiger charge is -2.07. The smallest absolute Gasteiger partial charge is 0.298 e. The Morgan fingerprint density at radius 2 is 1.36 bits per heavy atom. The number of hydrogen-bond acceptors (Lipinski definition) is 2. The van der Waals surface area contributed by atoms with Crippen LogP contribution in [0.1, 0.15) is 55.5 Å². The fourth-order valence-corrected chi connectivity index (χ4v) is 2.55. The topological polar surface area (TPSA) is 23.9 Å². The summed E-state index contributed by atoms with van der Waals surface area (Å²) in [6.45, 7) is 13.9. The number of benzene rings is 2. The van der Waals surface area contributed by atoms with E-state index < -0.39 is 11.7 Å². The maximum atomic E-state index is 12.3. The van der Waals surface area contributed by atoms with Crippen molar-refractivity contribution in [2.24, 2.45) is 0 Å². The van der Waals surface area contributed by atoms with Gasteiger partial charge in [0.05, 0.1) is 10.6 Å². The van der Waals surface area contributed by atoms with Gasteiger partial charge in [0, 0.05) is 0 Å². The summed E-state index contributed by atoms with van der Waals surface area (Å²) >= 11 is 1.24. The number of hydrogen-bond donors (Lipinski definition) is 1. The molecule has 2 aromatic carbocycles. The lowest BCUT2D eigenvalue weighted by molar-refractivity contribution is -0.137. The SMILES string of the molecule is CC.CC(=N)S/C=C(\C)c1ccc(C(F)(F)F)cc1.Cc1cccc(C)c1C. The quantitative estimate of drug-likeness (QED) is 0.390. The molecule has 0 radical (unpaired) electrons. The molecule has 0 bridgehead atoms. The molecule has 28 heavy (non-hydrogen) atoms. The summed E-state index contributed by atoms with van der Waals surface area (Å²) in [4.78, 5) is 0. The second-order valence-electron chi connectivity index (χ2n) is 6.07. The van der Waals surface area contributed by atoms with Gasteiger partial charge in [-0.15, -0.1) is 0 Å². The Labute approximate surface area is 171 Å². The summed E-state index contributed by atoms with van der Waals surface area (Å²) in [5.74, 6) is 0. The minimum atomic E-state index is -4.30. The second-order valence-corrected chi connectivity index (χ2v) is 7.15. The molecule has 0 amide bonds. The van der Waals surface area contributed by atoms with Crippen LogP contribution in [0.5, 0.6) is 0 Å². The van der Waals surface area contributed by atoms with Gasteiger partial charge < -0.3 is 0 Å². The van der Waals surface area contributed by atoms with E-state index in [4.69, 9.17) is 5.41 Å². The summed E-state index contributed by atoms with van der Waals surface area (Å²) < 4.78 is 37.0. The average molecular weight is 410 g/mol. The Bertz CT molecular complexity index is 755. The standard InChI is InChI=1S/C12H12F3NS.C9H12.C2H6/c1-8(7-17-9(2)16)10-3-5-11(6-4-10)12(13,14)15;1-7-5-4-6-8(2)9(7)3;1-2/h3-7,16H,1-2H3;4-6H,1-3H3;1-2H3/b8-7+,16-9?;;. The van der Waals surface area contributed by atoms with Gasteiger partial charge in [-0.2, -0.15) is 13.2 Å². The van der Waals surface area contributed by atoms with Crippen molar-refractivity contribution in [3.05, 3.63) is 75.7 Å². The molecule has 1 N–H and O–H groups in total. The van der Waals surface area contributed by atoms with Crippen LogP contribution in [0.3, 0.4) is 0 Å². The first-order chi connectivity index (χ1) is 13.0. The van der Waals surface area contributed by atoms with Gasteiger partial charge in [0.15, 0.2) is 0 Å². The minimum Gasteiger partial charge on any atom is -0.298 e. The maximum absolute atomic E-state index is 12.3. The molecule has 0 atom stereocenters.